The van der Waals surface area contributed by atoms with Crippen LogP contribution in [0.15, 0.2) is 0 Å². The first-order valence-electron chi connectivity index (χ1n) is 6.14. The highest BCUT2D eigenvalue weighted by molar-refractivity contribution is 7.99. The summed E-state index contributed by atoms with van der Waals surface area (Å²) in [6.45, 7) is 1.94. The molecule has 0 atom stereocenters. The van der Waals surface area contributed by atoms with Crippen LogP contribution in [0.2, 0.25) is 0 Å². The minimum Gasteiger partial charge on any atom is -0.382 e. The highest BCUT2D eigenvalue weighted by atomic mass is 32.2. The number of nitrogens with two attached hydrogens (primary N) is 1. The lowest BCUT2D eigenvalue weighted by Crippen LogP contribution is -2.34. The molecule has 1 aliphatic heterocycles. The molecule has 0 spiro atoms. The zero-order valence-corrected chi connectivity index (χ0v) is 11.6. The summed E-state index contributed by atoms with van der Waals surface area (Å²) >= 11 is 3.29. The summed E-state index contributed by atoms with van der Waals surface area (Å²) in [6.07, 6.45) is 2.16. The van der Waals surface area contributed by atoms with Crippen LogP contribution in [0.4, 0.5) is 10.8 Å². The molecule has 0 bridgehead atoms. The number of anilines is 2. The first kappa shape index (κ1) is 12.1. The molecule has 2 aliphatic rings. The summed E-state index contributed by atoms with van der Waals surface area (Å²) in [7, 11) is 0. The van der Waals surface area contributed by atoms with Gasteiger partial charge in [0.15, 0.2) is 5.82 Å². The molecule has 18 heavy (non-hydrogen) atoms. The van der Waals surface area contributed by atoms with Gasteiger partial charge in [-0.2, -0.15) is 16.1 Å². The normalized spacial score (nSPS) is 19.9. The fraction of sp³-hybridized carbons (Fsp3) is 0.636. The van der Waals surface area contributed by atoms with Crippen LogP contribution in [0, 0.1) is 0 Å². The number of carbonyl (C=O) groups is 1. The standard InChI is InChI=1S/C11H16N4OS2/c12-9-8(10(16)13-7-1-2-7)11(18-14-9)15-3-5-17-6-4-15/h7H,1-6H2,(H2,12,14)(H,13,16). The van der Waals surface area contributed by atoms with Gasteiger partial charge in [0.25, 0.3) is 5.91 Å². The predicted octanol–water partition coefficient (Wildman–Crippen LogP) is 1.17. The van der Waals surface area contributed by atoms with Crippen molar-refractivity contribution in [1.29, 1.82) is 0 Å². The van der Waals surface area contributed by atoms with Gasteiger partial charge in [0, 0.05) is 30.6 Å². The van der Waals surface area contributed by atoms with E-state index >= 15 is 0 Å². The minimum atomic E-state index is -0.0584. The number of hydrogen-bond donors (Lipinski definition) is 2. The van der Waals surface area contributed by atoms with Gasteiger partial charge in [-0.3, -0.25) is 4.79 Å². The average molecular weight is 284 g/mol. The molecule has 0 radical (unpaired) electrons. The number of rotatable bonds is 3. The summed E-state index contributed by atoms with van der Waals surface area (Å²) in [5.41, 5.74) is 6.43. The van der Waals surface area contributed by atoms with Gasteiger partial charge in [-0.05, 0) is 24.4 Å². The van der Waals surface area contributed by atoms with Crippen LogP contribution < -0.4 is 16.0 Å². The number of nitrogens with one attached hydrogen (secondary N) is 1. The zero-order chi connectivity index (χ0) is 12.5. The van der Waals surface area contributed by atoms with Crippen LogP contribution in [0.5, 0.6) is 0 Å². The zero-order valence-electron chi connectivity index (χ0n) is 10.0. The smallest absolute Gasteiger partial charge is 0.258 e. The van der Waals surface area contributed by atoms with Crippen molar-refractivity contribution in [2.45, 2.75) is 18.9 Å². The minimum absolute atomic E-state index is 0.0584. The van der Waals surface area contributed by atoms with Crippen LogP contribution in [0.3, 0.4) is 0 Å². The molecule has 1 saturated heterocycles. The second-order valence-electron chi connectivity index (χ2n) is 4.60. The fourth-order valence-corrected chi connectivity index (χ4v) is 3.74. The van der Waals surface area contributed by atoms with E-state index in [-0.39, 0.29) is 5.91 Å². The fourth-order valence-electron chi connectivity index (χ4n) is 1.97. The quantitative estimate of drug-likeness (QED) is 0.872. The molecule has 3 N–H and O–H groups in total. The van der Waals surface area contributed by atoms with Gasteiger partial charge in [-0.1, -0.05) is 0 Å². The van der Waals surface area contributed by atoms with Crippen molar-refractivity contribution >= 4 is 40.0 Å². The lowest BCUT2D eigenvalue weighted by Gasteiger charge is -2.27. The molecule has 7 heteroatoms. The maximum absolute atomic E-state index is 12.2. The van der Waals surface area contributed by atoms with Gasteiger partial charge >= 0.3 is 0 Å². The Balaban J connectivity index is 1.82. The van der Waals surface area contributed by atoms with E-state index in [1.807, 2.05) is 11.8 Å². The topological polar surface area (TPSA) is 71.2 Å². The molecule has 0 aromatic carbocycles. The molecule has 5 nitrogen and oxygen atoms in total. The average Bonchev–Trinajstić information content (AvgIpc) is 3.10. The number of aromatic nitrogens is 1. The molecule has 98 valence electrons. The van der Waals surface area contributed by atoms with E-state index in [1.165, 1.54) is 11.5 Å². The van der Waals surface area contributed by atoms with Crippen LogP contribution >= 0.6 is 23.3 Å². The van der Waals surface area contributed by atoms with Gasteiger partial charge in [-0.25, -0.2) is 0 Å². The molecule has 1 saturated carbocycles. The third-order valence-electron chi connectivity index (χ3n) is 3.14. The Kier molecular flexibility index (Phi) is 3.34. The maximum Gasteiger partial charge on any atom is 0.258 e. The van der Waals surface area contributed by atoms with Crippen molar-refractivity contribution < 1.29 is 4.79 Å². The highest BCUT2D eigenvalue weighted by Crippen LogP contribution is 2.33. The van der Waals surface area contributed by atoms with E-state index in [9.17, 15) is 4.79 Å². The van der Waals surface area contributed by atoms with Crippen molar-refractivity contribution in [3.8, 4) is 0 Å². The van der Waals surface area contributed by atoms with E-state index in [0.717, 1.165) is 42.4 Å². The number of carbonyl (C=O) groups excluding carboxylic acids is 1. The molecule has 1 aromatic heterocycles. The van der Waals surface area contributed by atoms with Crippen LogP contribution in [-0.2, 0) is 0 Å². The van der Waals surface area contributed by atoms with E-state index in [1.54, 1.807) is 0 Å². The second-order valence-corrected chi connectivity index (χ2v) is 6.57. The van der Waals surface area contributed by atoms with Gasteiger partial charge in [-0.15, -0.1) is 0 Å². The van der Waals surface area contributed by atoms with Crippen molar-refractivity contribution in [2.24, 2.45) is 0 Å². The third-order valence-corrected chi connectivity index (χ3v) is 5.00. The summed E-state index contributed by atoms with van der Waals surface area (Å²) in [4.78, 5) is 14.4. The predicted molar refractivity (Wildman–Crippen MR) is 76.6 cm³/mol. The van der Waals surface area contributed by atoms with Crippen LogP contribution in [0.1, 0.15) is 23.2 Å². The first-order valence-corrected chi connectivity index (χ1v) is 8.07. The molecule has 2 heterocycles. The van der Waals surface area contributed by atoms with Crippen molar-refractivity contribution in [2.75, 3.05) is 35.2 Å². The molecule has 1 aromatic rings. The summed E-state index contributed by atoms with van der Waals surface area (Å²) in [6, 6.07) is 0.349. The Labute approximate surface area is 114 Å². The Bertz CT molecular complexity index is 452. The summed E-state index contributed by atoms with van der Waals surface area (Å²) in [5, 5.41) is 3.93. The number of nitrogen functional groups attached to an aromatic ring is 1. The van der Waals surface area contributed by atoms with Crippen LogP contribution in [0.25, 0.3) is 0 Å². The third kappa shape index (κ3) is 2.42. The molecule has 1 aliphatic carbocycles. The number of amides is 1. The lowest BCUT2D eigenvalue weighted by atomic mass is 10.2. The molecule has 0 unspecified atom stereocenters. The lowest BCUT2D eigenvalue weighted by molar-refractivity contribution is 0.0952. The van der Waals surface area contributed by atoms with Crippen LogP contribution in [-0.4, -0.2) is 40.9 Å². The molecule has 2 fully saturated rings. The molecule has 1 amide bonds. The summed E-state index contributed by atoms with van der Waals surface area (Å²) < 4.78 is 4.15. The van der Waals surface area contributed by atoms with E-state index < -0.39 is 0 Å². The number of hydrogen-bond acceptors (Lipinski definition) is 6. The highest BCUT2D eigenvalue weighted by Gasteiger charge is 2.29. The van der Waals surface area contributed by atoms with Gasteiger partial charge < -0.3 is 16.0 Å². The van der Waals surface area contributed by atoms with Crippen molar-refractivity contribution in [3.63, 3.8) is 0 Å². The molecular formula is C11H16N4OS2. The SMILES string of the molecule is Nc1nsc(N2CCSCC2)c1C(=O)NC1CC1. The Hall–Kier alpha value is -0.950. The Morgan fingerprint density at radius 1 is 1.39 bits per heavy atom. The van der Waals surface area contributed by atoms with Gasteiger partial charge in [0.05, 0.1) is 0 Å². The van der Waals surface area contributed by atoms with Gasteiger partial charge in [0.1, 0.15) is 10.6 Å². The van der Waals surface area contributed by atoms with Gasteiger partial charge in [0.2, 0.25) is 0 Å². The molecule has 3 rings (SSSR count). The Morgan fingerprint density at radius 2 is 2.11 bits per heavy atom. The van der Waals surface area contributed by atoms with E-state index in [2.05, 4.69) is 14.6 Å². The van der Waals surface area contributed by atoms with E-state index in [0.29, 0.717) is 17.4 Å². The van der Waals surface area contributed by atoms with E-state index in [4.69, 9.17) is 5.73 Å². The summed E-state index contributed by atoms with van der Waals surface area (Å²) in [5.74, 6) is 2.51. The maximum atomic E-state index is 12.2. The monoisotopic (exact) mass is 284 g/mol. The number of nitrogens with zero attached hydrogens (tertiary/aromatic N) is 2. The number of thioether (sulfide) groups is 1. The van der Waals surface area contributed by atoms with Crippen molar-refractivity contribution in [1.82, 2.24) is 9.69 Å². The largest absolute Gasteiger partial charge is 0.382 e. The second kappa shape index (κ2) is 4.97. The Morgan fingerprint density at radius 3 is 2.78 bits per heavy atom. The first-order chi connectivity index (χ1) is 8.75. The van der Waals surface area contributed by atoms with Crippen molar-refractivity contribution in [3.05, 3.63) is 5.56 Å². The molecular weight excluding hydrogens is 268 g/mol.